The van der Waals surface area contributed by atoms with Gasteiger partial charge < -0.3 is 4.74 Å². The topological polar surface area (TPSA) is 55.4 Å². The summed E-state index contributed by atoms with van der Waals surface area (Å²) in [4.78, 5) is 0.306. The van der Waals surface area contributed by atoms with Gasteiger partial charge in [-0.1, -0.05) is 32.9 Å². The molecule has 1 aromatic carbocycles. The van der Waals surface area contributed by atoms with Crippen LogP contribution in [-0.4, -0.2) is 27.7 Å². The molecule has 0 aliphatic rings. The average Bonchev–Trinajstić information content (AvgIpc) is 2.37. The van der Waals surface area contributed by atoms with E-state index in [1.54, 1.807) is 12.1 Å². The zero-order valence-corrected chi connectivity index (χ0v) is 14.5. The average molecular weight is 313 g/mol. The van der Waals surface area contributed by atoms with Gasteiger partial charge in [-0.3, -0.25) is 0 Å². The molecule has 0 unspecified atom stereocenters. The van der Waals surface area contributed by atoms with Crippen molar-refractivity contribution < 1.29 is 13.2 Å². The van der Waals surface area contributed by atoms with Gasteiger partial charge in [-0.05, 0) is 43.4 Å². The van der Waals surface area contributed by atoms with Crippen molar-refractivity contribution in [3.63, 3.8) is 0 Å². The maximum Gasteiger partial charge on any atom is 0.240 e. The van der Waals surface area contributed by atoms with Gasteiger partial charge in [0.2, 0.25) is 10.0 Å². The Bertz CT molecular complexity index is 528. The summed E-state index contributed by atoms with van der Waals surface area (Å²) in [7, 11) is -3.43. The standard InChI is InChI=1S/C16H27NO3S/c1-13(2)20-12-6-11-17-21(18,19)15-9-7-14(8-10-15)16(3,4)5/h7-10,13,17H,6,11-12H2,1-5H3. The fourth-order valence-electron chi connectivity index (χ4n) is 1.82. The molecular weight excluding hydrogens is 286 g/mol. The van der Waals surface area contributed by atoms with E-state index in [1.165, 1.54) is 0 Å². The molecule has 4 nitrogen and oxygen atoms in total. The molecule has 0 spiro atoms. The third-order valence-electron chi connectivity index (χ3n) is 3.10. The molecular formula is C16H27NO3S. The molecule has 0 aliphatic heterocycles. The SMILES string of the molecule is CC(C)OCCCNS(=O)(=O)c1ccc(C(C)(C)C)cc1. The zero-order chi connectivity index (χ0) is 16.1. The van der Waals surface area contributed by atoms with Crippen LogP contribution in [0.5, 0.6) is 0 Å². The summed E-state index contributed by atoms with van der Waals surface area (Å²) in [6.07, 6.45) is 0.837. The normalized spacial score (nSPS) is 12.9. The molecule has 1 rings (SSSR count). The van der Waals surface area contributed by atoms with Crippen LogP contribution in [0.25, 0.3) is 0 Å². The molecule has 0 bridgehead atoms. The Hall–Kier alpha value is -0.910. The van der Waals surface area contributed by atoms with Gasteiger partial charge >= 0.3 is 0 Å². The lowest BCUT2D eigenvalue weighted by Crippen LogP contribution is -2.26. The van der Waals surface area contributed by atoms with E-state index in [-0.39, 0.29) is 11.5 Å². The van der Waals surface area contributed by atoms with Crippen LogP contribution in [0.3, 0.4) is 0 Å². The molecule has 0 heterocycles. The number of sulfonamides is 1. The Kier molecular flexibility index (Phi) is 6.38. The van der Waals surface area contributed by atoms with Crippen LogP contribution in [0.4, 0.5) is 0 Å². The lowest BCUT2D eigenvalue weighted by atomic mass is 9.87. The number of rotatable bonds is 7. The van der Waals surface area contributed by atoms with Crippen molar-refractivity contribution in [3.8, 4) is 0 Å². The summed E-state index contributed by atoms with van der Waals surface area (Å²) < 4.78 is 32.3. The van der Waals surface area contributed by atoms with Crippen molar-refractivity contribution in [2.75, 3.05) is 13.2 Å². The first-order chi connectivity index (χ1) is 9.63. The molecule has 0 fully saturated rings. The summed E-state index contributed by atoms with van der Waals surface area (Å²) in [5.74, 6) is 0. The van der Waals surface area contributed by atoms with Crippen LogP contribution in [0, 0.1) is 0 Å². The second-order valence-corrected chi connectivity index (χ2v) is 8.21. The molecule has 0 saturated heterocycles. The van der Waals surface area contributed by atoms with E-state index in [9.17, 15) is 8.42 Å². The highest BCUT2D eigenvalue weighted by molar-refractivity contribution is 7.89. The monoisotopic (exact) mass is 313 g/mol. The van der Waals surface area contributed by atoms with Crippen molar-refractivity contribution in [1.82, 2.24) is 4.72 Å². The Morgan fingerprint density at radius 1 is 1.14 bits per heavy atom. The quantitative estimate of drug-likeness (QED) is 0.787. The highest BCUT2D eigenvalue weighted by Gasteiger charge is 2.17. The van der Waals surface area contributed by atoms with Crippen LogP contribution in [0.2, 0.25) is 0 Å². The van der Waals surface area contributed by atoms with Gasteiger partial charge in [-0.2, -0.15) is 0 Å². The lowest BCUT2D eigenvalue weighted by Gasteiger charge is -2.19. The van der Waals surface area contributed by atoms with Crippen LogP contribution >= 0.6 is 0 Å². The van der Waals surface area contributed by atoms with Gasteiger partial charge in [0, 0.05) is 13.2 Å². The molecule has 0 aliphatic carbocycles. The van der Waals surface area contributed by atoms with E-state index in [0.717, 1.165) is 5.56 Å². The Morgan fingerprint density at radius 3 is 2.19 bits per heavy atom. The van der Waals surface area contributed by atoms with E-state index in [1.807, 2.05) is 26.0 Å². The molecule has 0 amide bonds. The van der Waals surface area contributed by atoms with E-state index in [0.29, 0.717) is 24.5 Å². The lowest BCUT2D eigenvalue weighted by molar-refractivity contribution is 0.0778. The molecule has 0 saturated carbocycles. The maximum atomic E-state index is 12.1. The van der Waals surface area contributed by atoms with E-state index in [4.69, 9.17) is 4.74 Å². The van der Waals surface area contributed by atoms with Crippen LogP contribution in [0.1, 0.15) is 46.6 Å². The van der Waals surface area contributed by atoms with Crippen LogP contribution in [-0.2, 0) is 20.2 Å². The first-order valence-electron chi connectivity index (χ1n) is 7.35. The largest absolute Gasteiger partial charge is 0.379 e. The molecule has 0 atom stereocenters. The zero-order valence-electron chi connectivity index (χ0n) is 13.6. The van der Waals surface area contributed by atoms with Gasteiger partial charge in [0.15, 0.2) is 0 Å². The Morgan fingerprint density at radius 2 is 1.71 bits per heavy atom. The van der Waals surface area contributed by atoms with Crippen molar-refractivity contribution in [3.05, 3.63) is 29.8 Å². The third kappa shape index (κ3) is 6.16. The molecule has 1 aromatic rings. The minimum atomic E-state index is -3.43. The fourth-order valence-corrected chi connectivity index (χ4v) is 2.89. The summed E-state index contributed by atoms with van der Waals surface area (Å²) in [6.45, 7) is 11.2. The van der Waals surface area contributed by atoms with E-state index in [2.05, 4.69) is 25.5 Å². The summed E-state index contributed by atoms with van der Waals surface area (Å²) in [5.41, 5.74) is 1.14. The van der Waals surface area contributed by atoms with E-state index < -0.39 is 10.0 Å². The van der Waals surface area contributed by atoms with Crippen molar-refractivity contribution >= 4 is 10.0 Å². The maximum absolute atomic E-state index is 12.1. The molecule has 0 radical (unpaired) electrons. The smallest absolute Gasteiger partial charge is 0.240 e. The number of benzene rings is 1. The van der Waals surface area contributed by atoms with Gasteiger partial charge in [0.25, 0.3) is 0 Å². The van der Waals surface area contributed by atoms with Gasteiger partial charge in [0.05, 0.1) is 11.0 Å². The van der Waals surface area contributed by atoms with Crippen molar-refractivity contribution in [2.24, 2.45) is 0 Å². The second-order valence-electron chi connectivity index (χ2n) is 6.45. The Labute approximate surface area is 129 Å². The summed E-state index contributed by atoms with van der Waals surface area (Å²) in [6, 6.07) is 7.06. The highest BCUT2D eigenvalue weighted by atomic mass is 32.2. The number of ether oxygens (including phenoxy) is 1. The highest BCUT2D eigenvalue weighted by Crippen LogP contribution is 2.23. The number of hydrogen-bond acceptors (Lipinski definition) is 3. The second kappa shape index (κ2) is 7.38. The molecule has 5 heteroatoms. The minimum Gasteiger partial charge on any atom is -0.379 e. The van der Waals surface area contributed by atoms with Gasteiger partial charge in [-0.25, -0.2) is 13.1 Å². The molecule has 120 valence electrons. The minimum absolute atomic E-state index is 0.0178. The van der Waals surface area contributed by atoms with Crippen LogP contribution in [0.15, 0.2) is 29.2 Å². The fraction of sp³-hybridized carbons (Fsp3) is 0.625. The van der Waals surface area contributed by atoms with Crippen LogP contribution < -0.4 is 4.72 Å². The summed E-state index contributed by atoms with van der Waals surface area (Å²) >= 11 is 0. The molecule has 1 N–H and O–H groups in total. The summed E-state index contributed by atoms with van der Waals surface area (Å²) in [5, 5.41) is 0. The predicted octanol–water partition coefficient (Wildman–Crippen LogP) is 3.08. The van der Waals surface area contributed by atoms with Gasteiger partial charge in [0.1, 0.15) is 0 Å². The number of nitrogens with one attached hydrogen (secondary N) is 1. The predicted molar refractivity (Wildman–Crippen MR) is 86.0 cm³/mol. The molecule has 21 heavy (non-hydrogen) atoms. The third-order valence-corrected chi connectivity index (χ3v) is 4.57. The van der Waals surface area contributed by atoms with E-state index >= 15 is 0 Å². The van der Waals surface area contributed by atoms with Crippen molar-refractivity contribution in [2.45, 2.75) is 57.5 Å². The molecule has 0 aromatic heterocycles. The first-order valence-corrected chi connectivity index (χ1v) is 8.83. The van der Waals surface area contributed by atoms with Gasteiger partial charge in [-0.15, -0.1) is 0 Å². The first kappa shape index (κ1) is 18.1. The Balaban J connectivity index is 2.58. The number of hydrogen-bond donors (Lipinski definition) is 1. The van der Waals surface area contributed by atoms with Crippen molar-refractivity contribution in [1.29, 1.82) is 0 Å².